The Morgan fingerprint density at radius 1 is 1.67 bits per heavy atom. The predicted molar refractivity (Wildman–Crippen MR) is 48.0 cm³/mol. The first-order valence-electron chi connectivity index (χ1n) is 3.51. The Morgan fingerprint density at radius 3 is 2.58 bits per heavy atom. The molecule has 0 amide bonds. The summed E-state index contributed by atoms with van der Waals surface area (Å²) in [5.74, 6) is -0.0237. The molecule has 0 spiro atoms. The molecule has 0 heterocycles. The van der Waals surface area contributed by atoms with E-state index in [1.54, 1.807) is 13.8 Å². The molecule has 0 atom stereocenters. The Hall–Kier alpha value is -1.69. The number of aliphatic hydroxyl groups excluding tert-OH is 1. The second-order valence-corrected chi connectivity index (χ2v) is 2.13. The van der Waals surface area contributed by atoms with E-state index < -0.39 is 0 Å². The first kappa shape index (κ1) is 10.3. The lowest BCUT2D eigenvalue weighted by molar-refractivity contribution is 0.424. The van der Waals surface area contributed by atoms with Gasteiger partial charge in [0.05, 0.1) is 0 Å². The predicted octanol–water partition coefficient (Wildman–Crippen LogP) is 1.98. The summed E-state index contributed by atoms with van der Waals surface area (Å²) in [4.78, 5) is 0. The van der Waals surface area contributed by atoms with Gasteiger partial charge in [0, 0.05) is 5.70 Å². The molecule has 64 valence electrons. The molecule has 0 radical (unpaired) electrons. The maximum atomic E-state index is 9.22. The van der Waals surface area contributed by atoms with Gasteiger partial charge in [-0.05, 0) is 26.1 Å². The maximum absolute atomic E-state index is 9.22. The van der Waals surface area contributed by atoms with Gasteiger partial charge >= 0.3 is 0 Å². The first-order valence-corrected chi connectivity index (χ1v) is 3.51. The highest BCUT2D eigenvalue weighted by Gasteiger charge is 2.04. The molecule has 12 heavy (non-hydrogen) atoms. The van der Waals surface area contributed by atoms with Crippen LogP contribution in [0.15, 0.2) is 35.9 Å². The number of hydrogen-bond acceptors (Lipinski definition) is 3. The van der Waals surface area contributed by atoms with Crippen LogP contribution in [0.2, 0.25) is 0 Å². The zero-order valence-electron chi connectivity index (χ0n) is 7.26. The Bertz CT molecular complexity index is 269. The molecule has 0 aromatic carbocycles. The number of nitrogens with zero attached hydrogens (tertiary/aromatic N) is 1. The summed E-state index contributed by atoms with van der Waals surface area (Å²) < 4.78 is 0. The van der Waals surface area contributed by atoms with Gasteiger partial charge in [-0.25, -0.2) is 0 Å². The van der Waals surface area contributed by atoms with Crippen molar-refractivity contribution in [1.29, 1.82) is 5.26 Å². The Kier molecular flexibility index (Phi) is 4.32. The molecule has 3 heteroatoms. The highest BCUT2D eigenvalue weighted by molar-refractivity contribution is 5.40. The van der Waals surface area contributed by atoms with Crippen molar-refractivity contribution in [2.24, 2.45) is 0 Å². The molecule has 0 aromatic heterocycles. The zero-order chi connectivity index (χ0) is 9.56. The summed E-state index contributed by atoms with van der Waals surface area (Å²) in [5, 5.41) is 20.6. The molecule has 0 saturated carbocycles. The van der Waals surface area contributed by atoms with Gasteiger partial charge in [-0.1, -0.05) is 6.58 Å². The lowest BCUT2D eigenvalue weighted by atomic mass is 10.2. The highest BCUT2D eigenvalue weighted by atomic mass is 16.3. The van der Waals surface area contributed by atoms with Crippen LogP contribution in [0.4, 0.5) is 0 Å². The Labute approximate surface area is 72.3 Å². The normalized spacial score (nSPS) is 12.9. The van der Waals surface area contributed by atoms with Crippen LogP contribution in [0.1, 0.15) is 13.8 Å². The SMILES string of the molecule is C=CN/C(C)=C(C#N)\C(O)=C/C. The second-order valence-electron chi connectivity index (χ2n) is 2.13. The number of allylic oxidation sites excluding steroid dienone is 3. The van der Waals surface area contributed by atoms with Crippen molar-refractivity contribution < 1.29 is 5.11 Å². The average molecular weight is 164 g/mol. The monoisotopic (exact) mass is 164 g/mol. The molecule has 0 aliphatic heterocycles. The summed E-state index contributed by atoms with van der Waals surface area (Å²) >= 11 is 0. The molecule has 0 aliphatic carbocycles. The molecule has 0 fully saturated rings. The minimum absolute atomic E-state index is 0.0237. The summed E-state index contributed by atoms with van der Waals surface area (Å²) in [6, 6.07) is 1.89. The molecular formula is C9H12N2O. The van der Waals surface area contributed by atoms with Gasteiger partial charge in [0.1, 0.15) is 17.4 Å². The molecule has 0 aromatic rings. The number of nitriles is 1. The third-order valence-electron chi connectivity index (χ3n) is 1.33. The van der Waals surface area contributed by atoms with Crippen LogP contribution in [0.25, 0.3) is 0 Å². The van der Waals surface area contributed by atoms with Crippen LogP contribution in [0, 0.1) is 11.3 Å². The molecular weight excluding hydrogens is 152 g/mol. The quantitative estimate of drug-likeness (QED) is 0.381. The van der Waals surface area contributed by atoms with E-state index in [2.05, 4.69) is 11.9 Å². The molecule has 0 rings (SSSR count). The fourth-order valence-electron chi connectivity index (χ4n) is 0.703. The number of hydrogen-bond donors (Lipinski definition) is 2. The number of aliphatic hydroxyl groups is 1. The van der Waals surface area contributed by atoms with Gasteiger partial charge in [0.2, 0.25) is 0 Å². The first-order chi connectivity index (χ1) is 5.67. The number of nitrogens with one attached hydrogen (secondary N) is 1. The third kappa shape index (κ3) is 2.51. The summed E-state index contributed by atoms with van der Waals surface area (Å²) in [5.41, 5.74) is 0.820. The van der Waals surface area contributed by atoms with E-state index in [1.165, 1.54) is 12.3 Å². The summed E-state index contributed by atoms with van der Waals surface area (Å²) in [6.07, 6.45) is 2.92. The van der Waals surface area contributed by atoms with Gasteiger partial charge in [-0.2, -0.15) is 5.26 Å². The fourth-order valence-corrected chi connectivity index (χ4v) is 0.703. The Balaban J connectivity index is 4.89. The third-order valence-corrected chi connectivity index (χ3v) is 1.33. The van der Waals surface area contributed by atoms with E-state index in [9.17, 15) is 5.11 Å². The molecule has 0 bridgehead atoms. The van der Waals surface area contributed by atoms with E-state index >= 15 is 0 Å². The van der Waals surface area contributed by atoms with Crippen LogP contribution >= 0.6 is 0 Å². The van der Waals surface area contributed by atoms with Crippen LogP contribution < -0.4 is 5.32 Å². The van der Waals surface area contributed by atoms with E-state index in [0.29, 0.717) is 5.70 Å². The van der Waals surface area contributed by atoms with Gasteiger partial charge < -0.3 is 10.4 Å². The van der Waals surface area contributed by atoms with E-state index in [4.69, 9.17) is 5.26 Å². The zero-order valence-corrected chi connectivity index (χ0v) is 7.26. The van der Waals surface area contributed by atoms with Gasteiger partial charge in [0.25, 0.3) is 0 Å². The fraction of sp³-hybridized carbons (Fsp3) is 0.222. The van der Waals surface area contributed by atoms with Crippen molar-refractivity contribution in [3.8, 4) is 6.07 Å². The maximum Gasteiger partial charge on any atom is 0.130 e. The lowest BCUT2D eigenvalue weighted by Crippen LogP contribution is -2.04. The topological polar surface area (TPSA) is 56.0 Å². The van der Waals surface area contributed by atoms with Gasteiger partial charge in [0.15, 0.2) is 0 Å². The van der Waals surface area contributed by atoms with Crippen molar-refractivity contribution in [2.75, 3.05) is 0 Å². The molecule has 0 aliphatic rings. The van der Waals surface area contributed by atoms with Crippen molar-refractivity contribution in [1.82, 2.24) is 5.32 Å². The van der Waals surface area contributed by atoms with Crippen LogP contribution in [-0.2, 0) is 0 Å². The second kappa shape index (κ2) is 5.03. The van der Waals surface area contributed by atoms with Crippen molar-refractivity contribution in [2.45, 2.75) is 13.8 Å². The van der Waals surface area contributed by atoms with Crippen molar-refractivity contribution in [3.63, 3.8) is 0 Å². The van der Waals surface area contributed by atoms with Gasteiger partial charge in [-0.15, -0.1) is 0 Å². The van der Waals surface area contributed by atoms with Crippen LogP contribution in [0.3, 0.4) is 0 Å². The lowest BCUT2D eigenvalue weighted by Gasteiger charge is -2.03. The van der Waals surface area contributed by atoms with Crippen molar-refractivity contribution >= 4 is 0 Å². The van der Waals surface area contributed by atoms with Crippen LogP contribution in [0.5, 0.6) is 0 Å². The summed E-state index contributed by atoms with van der Waals surface area (Å²) in [7, 11) is 0. The molecule has 2 N–H and O–H groups in total. The smallest absolute Gasteiger partial charge is 0.130 e. The molecule has 0 unspecified atom stereocenters. The Morgan fingerprint density at radius 2 is 2.25 bits per heavy atom. The van der Waals surface area contributed by atoms with Gasteiger partial charge in [-0.3, -0.25) is 0 Å². The molecule has 0 saturated heterocycles. The minimum atomic E-state index is -0.0237. The van der Waals surface area contributed by atoms with Crippen LogP contribution in [-0.4, -0.2) is 5.11 Å². The average Bonchev–Trinajstić information content (AvgIpc) is 2.06. The standard InChI is InChI=1S/C9H12N2O/c1-4-9(12)8(6-10)7(3)11-5-2/h4-5,11-12H,2H2,1,3H3/b8-7-,9-4+. The molecule has 3 nitrogen and oxygen atoms in total. The number of rotatable bonds is 3. The summed E-state index contributed by atoms with van der Waals surface area (Å²) in [6.45, 7) is 6.80. The largest absolute Gasteiger partial charge is 0.507 e. The highest BCUT2D eigenvalue weighted by Crippen LogP contribution is 2.08. The van der Waals surface area contributed by atoms with E-state index in [-0.39, 0.29) is 11.3 Å². The van der Waals surface area contributed by atoms with Crippen molar-refractivity contribution in [3.05, 3.63) is 35.9 Å². The van der Waals surface area contributed by atoms with E-state index in [0.717, 1.165) is 0 Å². The van der Waals surface area contributed by atoms with E-state index in [1.807, 2.05) is 6.07 Å². The minimum Gasteiger partial charge on any atom is -0.507 e.